The van der Waals surface area contributed by atoms with Gasteiger partial charge in [0.25, 0.3) is 0 Å². The molecule has 0 aromatic rings. The average Bonchev–Trinajstić information content (AvgIpc) is 3.17. The molecule has 316 valence electrons. The molecule has 0 amide bonds. The summed E-state index contributed by atoms with van der Waals surface area (Å²) in [5.74, 6) is -0.884. The number of hydrogen-bond donors (Lipinski definition) is 0. The Morgan fingerprint density at radius 2 is 0.667 bits per heavy atom. The van der Waals surface area contributed by atoms with Crippen molar-refractivity contribution in [2.45, 2.75) is 252 Å². The second-order valence-corrected chi connectivity index (χ2v) is 15.7. The van der Waals surface area contributed by atoms with Crippen LogP contribution in [0.2, 0.25) is 0 Å². The standard InChI is InChI=1S/C48H88O6/c1-4-7-10-13-16-19-21-23-24-26-27-29-32-35-38-41-47(50)53-44-45(43-52-46(49)40-37-34-31-18-15-12-9-6-3)54-48(51)42-39-36-33-30-28-25-22-20-17-14-11-8-5-2/h16,19,23-24,45H,4-15,17-18,20-22,25-44H2,1-3H3/b19-16-,24-23-. The van der Waals surface area contributed by atoms with Gasteiger partial charge in [0.05, 0.1) is 0 Å². The van der Waals surface area contributed by atoms with E-state index in [1.165, 1.54) is 128 Å². The lowest BCUT2D eigenvalue weighted by Gasteiger charge is -2.18. The van der Waals surface area contributed by atoms with Gasteiger partial charge in [0.1, 0.15) is 13.2 Å². The predicted octanol–water partition coefficient (Wildman–Crippen LogP) is 14.8. The van der Waals surface area contributed by atoms with E-state index >= 15 is 0 Å². The Kier molecular flexibility index (Phi) is 41.9. The van der Waals surface area contributed by atoms with Gasteiger partial charge in [-0.3, -0.25) is 14.4 Å². The van der Waals surface area contributed by atoms with Gasteiger partial charge >= 0.3 is 17.9 Å². The Morgan fingerprint density at radius 3 is 1.06 bits per heavy atom. The number of ether oxygens (including phenoxy) is 3. The summed E-state index contributed by atoms with van der Waals surface area (Å²) >= 11 is 0. The van der Waals surface area contributed by atoms with Gasteiger partial charge in [0.15, 0.2) is 6.10 Å². The molecule has 0 aliphatic carbocycles. The summed E-state index contributed by atoms with van der Waals surface area (Å²) in [5.41, 5.74) is 0. The fourth-order valence-electron chi connectivity index (χ4n) is 6.65. The molecular weight excluding hydrogens is 673 g/mol. The maximum atomic E-state index is 12.7. The third kappa shape index (κ3) is 41.1. The topological polar surface area (TPSA) is 78.9 Å². The monoisotopic (exact) mass is 761 g/mol. The maximum Gasteiger partial charge on any atom is 0.306 e. The van der Waals surface area contributed by atoms with Crippen LogP contribution in [-0.4, -0.2) is 37.2 Å². The number of carbonyl (C=O) groups excluding carboxylic acids is 3. The zero-order chi connectivity index (χ0) is 39.4. The van der Waals surface area contributed by atoms with E-state index in [1.54, 1.807) is 0 Å². The first-order valence-electron chi connectivity index (χ1n) is 23.3. The van der Waals surface area contributed by atoms with Crippen LogP contribution >= 0.6 is 0 Å². The SMILES string of the molecule is CCCCC/C=C\C/C=C\CCCCCCCC(=O)OCC(COC(=O)CCCCCCCCCC)OC(=O)CCCCCCCCCCCCCCC. The van der Waals surface area contributed by atoms with Gasteiger partial charge in [0, 0.05) is 19.3 Å². The van der Waals surface area contributed by atoms with Crippen LogP contribution in [0.5, 0.6) is 0 Å². The van der Waals surface area contributed by atoms with Gasteiger partial charge in [-0.05, 0) is 51.4 Å². The molecule has 0 fully saturated rings. The Balaban J connectivity index is 4.33. The first-order chi connectivity index (χ1) is 26.5. The van der Waals surface area contributed by atoms with Crippen LogP contribution in [0.15, 0.2) is 24.3 Å². The van der Waals surface area contributed by atoms with Crippen molar-refractivity contribution in [2.24, 2.45) is 0 Å². The molecule has 1 atom stereocenters. The third-order valence-corrected chi connectivity index (χ3v) is 10.2. The van der Waals surface area contributed by atoms with Gasteiger partial charge in [0.2, 0.25) is 0 Å². The van der Waals surface area contributed by atoms with Crippen molar-refractivity contribution in [3.8, 4) is 0 Å². The summed E-state index contributed by atoms with van der Waals surface area (Å²) in [4.78, 5) is 37.7. The fourth-order valence-corrected chi connectivity index (χ4v) is 6.65. The second-order valence-electron chi connectivity index (χ2n) is 15.7. The molecule has 0 aliphatic rings. The van der Waals surface area contributed by atoms with Crippen LogP contribution in [0, 0.1) is 0 Å². The van der Waals surface area contributed by atoms with Gasteiger partial charge in [-0.15, -0.1) is 0 Å². The average molecular weight is 761 g/mol. The fraction of sp³-hybridized carbons (Fsp3) is 0.854. The van der Waals surface area contributed by atoms with Crippen molar-refractivity contribution in [1.82, 2.24) is 0 Å². The number of esters is 3. The molecule has 0 spiro atoms. The molecule has 6 nitrogen and oxygen atoms in total. The molecule has 0 rings (SSSR count). The van der Waals surface area contributed by atoms with Gasteiger partial charge < -0.3 is 14.2 Å². The highest BCUT2D eigenvalue weighted by atomic mass is 16.6. The highest BCUT2D eigenvalue weighted by Crippen LogP contribution is 2.15. The number of unbranched alkanes of at least 4 members (excludes halogenated alkanes) is 27. The highest BCUT2D eigenvalue weighted by Gasteiger charge is 2.19. The van der Waals surface area contributed by atoms with E-state index in [1.807, 2.05) is 0 Å². The van der Waals surface area contributed by atoms with E-state index in [0.717, 1.165) is 77.0 Å². The third-order valence-electron chi connectivity index (χ3n) is 10.2. The van der Waals surface area contributed by atoms with E-state index in [0.29, 0.717) is 19.3 Å². The molecule has 0 aliphatic heterocycles. The van der Waals surface area contributed by atoms with E-state index < -0.39 is 6.10 Å². The number of carbonyl (C=O) groups is 3. The normalized spacial score (nSPS) is 12.1. The number of rotatable bonds is 42. The molecular formula is C48H88O6. The molecule has 0 bridgehead atoms. The van der Waals surface area contributed by atoms with Gasteiger partial charge in [-0.25, -0.2) is 0 Å². The van der Waals surface area contributed by atoms with Crippen LogP contribution in [-0.2, 0) is 28.6 Å². The minimum absolute atomic E-state index is 0.0723. The van der Waals surface area contributed by atoms with E-state index in [2.05, 4.69) is 45.1 Å². The van der Waals surface area contributed by atoms with Crippen LogP contribution in [0.4, 0.5) is 0 Å². The second kappa shape index (κ2) is 43.6. The van der Waals surface area contributed by atoms with Crippen molar-refractivity contribution in [1.29, 1.82) is 0 Å². The number of hydrogen-bond acceptors (Lipinski definition) is 6. The molecule has 0 saturated heterocycles. The molecule has 6 heteroatoms. The molecule has 0 aromatic carbocycles. The summed E-state index contributed by atoms with van der Waals surface area (Å²) < 4.78 is 16.7. The molecule has 0 radical (unpaired) electrons. The minimum Gasteiger partial charge on any atom is -0.462 e. The van der Waals surface area contributed by atoms with Crippen molar-refractivity contribution < 1.29 is 28.6 Å². The summed E-state index contributed by atoms with van der Waals surface area (Å²) in [6.07, 6.45) is 47.3. The van der Waals surface area contributed by atoms with E-state index in [-0.39, 0.29) is 31.1 Å². The van der Waals surface area contributed by atoms with Crippen molar-refractivity contribution in [3.05, 3.63) is 24.3 Å². The molecule has 54 heavy (non-hydrogen) atoms. The molecule has 0 saturated carbocycles. The largest absolute Gasteiger partial charge is 0.462 e. The van der Waals surface area contributed by atoms with E-state index in [4.69, 9.17) is 14.2 Å². The minimum atomic E-state index is -0.768. The maximum absolute atomic E-state index is 12.7. The smallest absolute Gasteiger partial charge is 0.306 e. The van der Waals surface area contributed by atoms with Crippen molar-refractivity contribution >= 4 is 17.9 Å². The highest BCUT2D eigenvalue weighted by molar-refractivity contribution is 5.71. The Bertz CT molecular complexity index is 880. The first kappa shape index (κ1) is 51.9. The predicted molar refractivity (Wildman–Crippen MR) is 229 cm³/mol. The van der Waals surface area contributed by atoms with Crippen molar-refractivity contribution in [2.75, 3.05) is 13.2 Å². The van der Waals surface area contributed by atoms with Crippen LogP contribution in [0.1, 0.15) is 245 Å². The molecule has 0 aromatic heterocycles. The summed E-state index contributed by atoms with van der Waals surface area (Å²) in [6.45, 7) is 6.58. The lowest BCUT2D eigenvalue weighted by Crippen LogP contribution is -2.30. The number of allylic oxidation sites excluding steroid dienone is 4. The molecule has 0 N–H and O–H groups in total. The zero-order valence-electron chi connectivity index (χ0n) is 36.0. The van der Waals surface area contributed by atoms with Crippen LogP contribution in [0.25, 0.3) is 0 Å². The summed E-state index contributed by atoms with van der Waals surface area (Å²) in [5, 5.41) is 0. The Morgan fingerprint density at radius 1 is 0.370 bits per heavy atom. The summed E-state index contributed by atoms with van der Waals surface area (Å²) in [7, 11) is 0. The van der Waals surface area contributed by atoms with E-state index in [9.17, 15) is 14.4 Å². The van der Waals surface area contributed by atoms with Gasteiger partial charge in [-0.1, -0.05) is 199 Å². The lowest BCUT2D eigenvalue weighted by molar-refractivity contribution is -0.167. The van der Waals surface area contributed by atoms with Crippen molar-refractivity contribution in [3.63, 3.8) is 0 Å². The van der Waals surface area contributed by atoms with Crippen LogP contribution < -0.4 is 0 Å². The van der Waals surface area contributed by atoms with Gasteiger partial charge in [-0.2, -0.15) is 0 Å². The Labute approximate surface area is 334 Å². The summed E-state index contributed by atoms with van der Waals surface area (Å²) in [6, 6.07) is 0. The quantitative estimate of drug-likeness (QED) is 0.0267. The first-order valence-corrected chi connectivity index (χ1v) is 23.3. The Hall–Kier alpha value is -2.11. The van der Waals surface area contributed by atoms with Crippen LogP contribution in [0.3, 0.4) is 0 Å². The zero-order valence-corrected chi connectivity index (χ0v) is 36.0. The lowest BCUT2D eigenvalue weighted by atomic mass is 10.0. The molecule has 1 unspecified atom stereocenters. The molecule has 0 heterocycles.